The molecule has 0 fully saturated rings. The standard InChI is InChI=1S/C13H26N2O3/c1-6-9(2)11(14)12(18)15(13(3,4)5)8-7-10(16)17/h9,11H,6-8,14H2,1-5H3,(H,16,17). The van der Waals surface area contributed by atoms with Crippen molar-refractivity contribution in [3.05, 3.63) is 0 Å². The molecule has 0 aliphatic carbocycles. The number of aliphatic carboxylic acids is 1. The van der Waals surface area contributed by atoms with Crippen molar-refractivity contribution in [2.24, 2.45) is 11.7 Å². The molecule has 0 aliphatic heterocycles. The third-order valence-electron chi connectivity index (χ3n) is 3.17. The Bertz CT molecular complexity index is 297. The Morgan fingerprint density at radius 3 is 2.17 bits per heavy atom. The Morgan fingerprint density at radius 2 is 1.83 bits per heavy atom. The van der Waals surface area contributed by atoms with Crippen molar-refractivity contribution in [1.29, 1.82) is 0 Å². The highest BCUT2D eigenvalue weighted by Gasteiger charge is 2.32. The Morgan fingerprint density at radius 1 is 1.33 bits per heavy atom. The van der Waals surface area contributed by atoms with Gasteiger partial charge in [-0.25, -0.2) is 0 Å². The van der Waals surface area contributed by atoms with E-state index in [1.807, 2.05) is 34.6 Å². The molecule has 5 nitrogen and oxygen atoms in total. The zero-order chi connectivity index (χ0) is 14.5. The molecule has 0 spiro atoms. The molecule has 0 aliphatic rings. The molecule has 18 heavy (non-hydrogen) atoms. The van der Waals surface area contributed by atoms with E-state index in [1.165, 1.54) is 0 Å². The molecule has 0 aromatic rings. The lowest BCUT2D eigenvalue weighted by Gasteiger charge is -2.38. The smallest absolute Gasteiger partial charge is 0.305 e. The molecular formula is C13H26N2O3. The predicted octanol–water partition coefficient (Wildman–Crippen LogP) is 1.46. The Labute approximate surface area is 109 Å². The van der Waals surface area contributed by atoms with Crippen LogP contribution in [0.2, 0.25) is 0 Å². The van der Waals surface area contributed by atoms with Crippen LogP contribution in [0.1, 0.15) is 47.5 Å². The van der Waals surface area contributed by atoms with Crippen molar-refractivity contribution in [1.82, 2.24) is 4.90 Å². The van der Waals surface area contributed by atoms with Crippen LogP contribution in [0.3, 0.4) is 0 Å². The van der Waals surface area contributed by atoms with Crippen LogP contribution in [0.15, 0.2) is 0 Å². The van der Waals surface area contributed by atoms with E-state index in [1.54, 1.807) is 4.90 Å². The van der Waals surface area contributed by atoms with Gasteiger partial charge in [-0.3, -0.25) is 9.59 Å². The van der Waals surface area contributed by atoms with Gasteiger partial charge in [-0.2, -0.15) is 0 Å². The van der Waals surface area contributed by atoms with Crippen molar-refractivity contribution in [2.75, 3.05) is 6.54 Å². The number of hydrogen-bond acceptors (Lipinski definition) is 3. The van der Waals surface area contributed by atoms with Gasteiger partial charge in [0.1, 0.15) is 0 Å². The fourth-order valence-electron chi connectivity index (χ4n) is 1.66. The number of amides is 1. The lowest BCUT2D eigenvalue weighted by molar-refractivity contribution is -0.142. The molecule has 0 saturated carbocycles. The van der Waals surface area contributed by atoms with Crippen molar-refractivity contribution < 1.29 is 14.7 Å². The van der Waals surface area contributed by atoms with Gasteiger partial charge in [0.25, 0.3) is 0 Å². The molecule has 5 heteroatoms. The van der Waals surface area contributed by atoms with Gasteiger partial charge in [0.15, 0.2) is 0 Å². The minimum Gasteiger partial charge on any atom is -0.481 e. The van der Waals surface area contributed by atoms with Crippen LogP contribution in [-0.4, -0.2) is 40.0 Å². The summed E-state index contributed by atoms with van der Waals surface area (Å²) >= 11 is 0. The molecular weight excluding hydrogens is 232 g/mol. The number of carboxylic acids is 1. The first-order valence-corrected chi connectivity index (χ1v) is 6.40. The molecule has 106 valence electrons. The molecule has 0 aromatic carbocycles. The molecule has 0 bridgehead atoms. The van der Waals surface area contributed by atoms with Gasteiger partial charge < -0.3 is 15.7 Å². The number of carbonyl (C=O) groups excluding carboxylic acids is 1. The summed E-state index contributed by atoms with van der Waals surface area (Å²) in [6.07, 6.45) is 0.764. The fourth-order valence-corrected chi connectivity index (χ4v) is 1.66. The minimum absolute atomic E-state index is 0.0593. The fraction of sp³-hybridized carbons (Fsp3) is 0.846. The summed E-state index contributed by atoms with van der Waals surface area (Å²) < 4.78 is 0. The van der Waals surface area contributed by atoms with Gasteiger partial charge in [-0.15, -0.1) is 0 Å². The van der Waals surface area contributed by atoms with Crippen LogP contribution >= 0.6 is 0 Å². The van der Waals surface area contributed by atoms with E-state index in [2.05, 4.69) is 0 Å². The number of nitrogens with two attached hydrogens (primary N) is 1. The van der Waals surface area contributed by atoms with Crippen molar-refractivity contribution in [3.8, 4) is 0 Å². The summed E-state index contributed by atoms with van der Waals surface area (Å²) in [6.45, 7) is 9.77. The Balaban J connectivity index is 4.86. The second kappa shape index (κ2) is 6.73. The second-order valence-electron chi connectivity index (χ2n) is 5.72. The average molecular weight is 258 g/mol. The summed E-state index contributed by atoms with van der Waals surface area (Å²) in [6, 6.07) is -0.567. The monoisotopic (exact) mass is 258 g/mol. The number of hydrogen-bond donors (Lipinski definition) is 2. The summed E-state index contributed by atoms with van der Waals surface area (Å²) in [5.41, 5.74) is 5.52. The highest BCUT2D eigenvalue weighted by molar-refractivity contribution is 5.83. The minimum atomic E-state index is -0.908. The summed E-state index contributed by atoms with van der Waals surface area (Å²) in [5.74, 6) is -0.987. The normalized spacial score (nSPS) is 15.0. The zero-order valence-corrected chi connectivity index (χ0v) is 12.1. The SMILES string of the molecule is CCC(C)C(N)C(=O)N(CCC(=O)O)C(C)(C)C. The van der Waals surface area contributed by atoms with Gasteiger partial charge >= 0.3 is 5.97 Å². The van der Waals surface area contributed by atoms with E-state index in [0.29, 0.717) is 0 Å². The number of carbonyl (C=O) groups is 2. The molecule has 0 heterocycles. The third kappa shape index (κ3) is 5.04. The van der Waals surface area contributed by atoms with Crippen molar-refractivity contribution in [2.45, 2.75) is 59.0 Å². The van der Waals surface area contributed by atoms with Crippen LogP contribution in [0.25, 0.3) is 0 Å². The third-order valence-corrected chi connectivity index (χ3v) is 3.17. The molecule has 2 unspecified atom stereocenters. The van der Waals surface area contributed by atoms with E-state index in [4.69, 9.17) is 10.8 Å². The lowest BCUT2D eigenvalue weighted by Crippen LogP contribution is -2.54. The maximum Gasteiger partial charge on any atom is 0.305 e. The first-order valence-electron chi connectivity index (χ1n) is 6.40. The van der Waals surface area contributed by atoms with E-state index in [9.17, 15) is 9.59 Å². The van der Waals surface area contributed by atoms with Gasteiger partial charge in [0.2, 0.25) is 5.91 Å². The number of rotatable bonds is 6. The van der Waals surface area contributed by atoms with Gasteiger partial charge in [-0.05, 0) is 26.7 Å². The predicted molar refractivity (Wildman–Crippen MR) is 71.1 cm³/mol. The quantitative estimate of drug-likeness (QED) is 0.755. The first kappa shape index (κ1) is 16.9. The first-order chi connectivity index (χ1) is 8.11. The van der Waals surface area contributed by atoms with Crippen LogP contribution < -0.4 is 5.73 Å². The van der Waals surface area contributed by atoms with E-state index >= 15 is 0 Å². The molecule has 3 N–H and O–H groups in total. The second-order valence-corrected chi connectivity index (χ2v) is 5.72. The van der Waals surface area contributed by atoms with Gasteiger partial charge in [0.05, 0.1) is 12.5 Å². The molecule has 0 rings (SSSR count). The Hall–Kier alpha value is -1.10. The topological polar surface area (TPSA) is 83.6 Å². The number of nitrogens with zero attached hydrogens (tertiary/aromatic N) is 1. The zero-order valence-electron chi connectivity index (χ0n) is 12.1. The maximum absolute atomic E-state index is 12.3. The van der Waals surface area contributed by atoms with Crippen LogP contribution in [-0.2, 0) is 9.59 Å². The Kier molecular flexibility index (Phi) is 6.32. The van der Waals surface area contributed by atoms with Crippen molar-refractivity contribution in [3.63, 3.8) is 0 Å². The van der Waals surface area contributed by atoms with Crippen molar-refractivity contribution >= 4 is 11.9 Å². The molecule has 0 aromatic heterocycles. The number of carboxylic acid groups (broad SMARTS) is 1. The summed E-state index contributed by atoms with van der Waals surface area (Å²) in [5, 5.41) is 8.73. The summed E-state index contributed by atoms with van der Waals surface area (Å²) in [7, 11) is 0. The molecule has 0 radical (unpaired) electrons. The molecule has 2 atom stereocenters. The van der Waals surface area contributed by atoms with Gasteiger partial charge in [-0.1, -0.05) is 20.3 Å². The highest BCUT2D eigenvalue weighted by atomic mass is 16.4. The largest absolute Gasteiger partial charge is 0.481 e. The average Bonchev–Trinajstić information content (AvgIpc) is 2.24. The van der Waals surface area contributed by atoms with E-state index in [-0.39, 0.29) is 24.8 Å². The van der Waals surface area contributed by atoms with Crippen LogP contribution in [0.4, 0.5) is 0 Å². The van der Waals surface area contributed by atoms with Crippen LogP contribution in [0.5, 0.6) is 0 Å². The molecule has 1 amide bonds. The highest BCUT2D eigenvalue weighted by Crippen LogP contribution is 2.18. The van der Waals surface area contributed by atoms with E-state index in [0.717, 1.165) is 6.42 Å². The van der Waals surface area contributed by atoms with Crippen LogP contribution in [0, 0.1) is 5.92 Å². The summed E-state index contributed by atoms with van der Waals surface area (Å²) in [4.78, 5) is 24.5. The maximum atomic E-state index is 12.3. The lowest BCUT2D eigenvalue weighted by atomic mass is 9.96. The van der Waals surface area contributed by atoms with Gasteiger partial charge in [0, 0.05) is 12.1 Å². The van der Waals surface area contributed by atoms with E-state index < -0.39 is 17.6 Å². The molecule has 0 saturated heterocycles.